The maximum Gasteiger partial charge on any atom is 0.254 e. The molecule has 1 fully saturated rings. The smallest absolute Gasteiger partial charge is 0.254 e. The number of rotatable bonds is 3. The fourth-order valence-electron chi connectivity index (χ4n) is 2.67. The third-order valence-corrected chi connectivity index (χ3v) is 4.54. The van der Waals surface area contributed by atoms with Gasteiger partial charge in [0.05, 0.1) is 17.4 Å². The Balaban J connectivity index is 0.00000192. The van der Waals surface area contributed by atoms with Crippen molar-refractivity contribution in [3.8, 4) is 5.69 Å². The summed E-state index contributed by atoms with van der Waals surface area (Å²) in [6, 6.07) is 8.28. The van der Waals surface area contributed by atoms with E-state index in [1.165, 1.54) is 0 Å². The number of hydrogen-bond acceptors (Lipinski definition) is 3. The zero-order valence-electron chi connectivity index (χ0n) is 12.8. The number of carbonyl (C=O) groups excluding carboxylic acids is 1. The number of halogens is 2. The molecule has 1 saturated heterocycles. The summed E-state index contributed by atoms with van der Waals surface area (Å²) >= 11 is 3.41. The molecule has 1 amide bonds. The van der Waals surface area contributed by atoms with Crippen molar-refractivity contribution in [3.05, 3.63) is 46.7 Å². The first-order chi connectivity index (χ1) is 10.6. The summed E-state index contributed by atoms with van der Waals surface area (Å²) in [5, 5.41) is 10.8. The number of benzene rings is 1. The lowest BCUT2D eigenvalue weighted by molar-refractivity contribution is 0.0920. The van der Waals surface area contributed by atoms with Crippen molar-refractivity contribution in [1.82, 2.24) is 20.4 Å². The van der Waals surface area contributed by atoms with Crippen LogP contribution in [0.2, 0.25) is 0 Å². The molecular formula is C16H20BrClN4O. The van der Waals surface area contributed by atoms with Crippen LogP contribution in [0.3, 0.4) is 0 Å². The minimum absolute atomic E-state index is 0. The van der Waals surface area contributed by atoms with Crippen LogP contribution in [0.1, 0.15) is 30.1 Å². The van der Waals surface area contributed by atoms with E-state index < -0.39 is 0 Å². The molecule has 1 aliphatic rings. The van der Waals surface area contributed by atoms with E-state index in [0.717, 1.165) is 29.5 Å². The molecule has 2 atom stereocenters. The first kappa shape index (κ1) is 18.0. The molecule has 23 heavy (non-hydrogen) atoms. The molecule has 1 aliphatic heterocycles. The zero-order valence-corrected chi connectivity index (χ0v) is 15.2. The van der Waals surface area contributed by atoms with Crippen molar-refractivity contribution in [2.24, 2.45) is 0 Å². The second-order valence-electron chi connectivity index (χ2n) is 5.61. The number of aromatic nitrogens is 2. The van der Waals surface area contributed by atoms with Crippen molar-refractivity contribution in [3.63, 3.8) is 0 Å². The van der Waals surface area contributed by atoms with Crippen LogP contribution in [-0.2, 0) is 0 Å². The standard InChI is InChI=1S/C16H19BrN4O.ClH/c1-11-15(3-2-8-18-11)20-16(22)12-9-19-21(10-12)14-6-4-13(17)5-7-14;/h4-7,9-11,15,18H,2-3,8H2,1H3,(H,20,22);1H. The second-order valence-corrected chi connectivity index (χ2v) is 6.53. The highest BCUT2D eigenvalue weighted by molar-refractivity contribution is 9.10. The molecule has 2 heterocycles. The summed E-state index contributed by atoms with van der Waals surface area (Å²) < 4.78 is 2.73. The topological polar surface area (TPSA) is 58.9 Å². The lowest BCUT2D eigenvalue weighted by Gasteiger charge is -2.30. The van der Waals surface area contributed by atoms with Gasteiger partial charge >= 0.3 is 0 Å². The van der Waals surface area contributed by atoms with Gasteiger partial charge < -0.3 is 10.6 Å². The van der Waals surface area contributed by atoms with E-state index in [4.69, 9.17) is 0 Å². The van der Waals surface area contributed by atoms with Crippen LogP contribution in [0.4, 0.5) is 0 Å². The average molecular weight is 400 g/mol. The highest BCUT2D eigenvalue weighted by atomic mass is 79.9. The Morgan fingerprint density at radius 2 is 2.13 bits per heavy atom. The Hall–Kier alpha value is -1.37. The van der Waals surface area contributed by atoms with Crippen LogP contribution < -0.4 is 10.6 Å². The summed E-state index contributed by atoms with van der Waals surface area (Å²) in [5.74, 6) is -0.0658. The Morgan fingerprint density at radius 1 is 1.39 bits per heavy atom. The van der Waals surface area contributed by atoms with Gasteiger partial charge in [-0.1, -0.05) is 15.9 Å². The van der Waals surface area contributed by atoms with Gasteiger partial charge in [-0.3, -0.25) is 4.79 Å². The molecule has 2 unspecified atom stereocenters. The molecule has 7 heteroatoms. The first-order valence-corrected chi connectivity index (χ1v) is 8.27. The van der Waals surface area contributed by atoms with Crippen LogP contribution in [0.25, 0.3) is 5.69 Å². The van der Waals surface area contributed by atoms with E-state index in [1.807, 2.05) is 24.3 Å². The van der Waals surface area contributed by atoms with Crippen LogP contribution in [-0.4, -0.2) is 34.3 Å². The van der Waals surface area contributed by atoms with Crippen molar-refractivity contribution in [2.75, 3.05) is 6.54 Å². The lowest BCUT2D eigenvalue weighted by atomic mass is 10.00. The summed E-state index contributed by atoms with van der Waals surface area (Å²) in [6.07, 6.45) is 5.48. The Bertz CT molecular complexity index is 658. The molecule has 3 rings (SSSR count). The molecule has 0 bridgehead atoms. The highest BCUT2D eigenvalue weighted by Crippen LogP contribution is 2.14. The minimum atomic E-state index is -0.0658. The number of hydrogen-bond donors (Lipinski definition) is 2. The average Bonchev–Trinajstić information content (AvgIpc) is 3.00. The monoisotopic (exact) mass is 398 g/mol. The predicted molar refractivity (Wildman–Crippen MR) is 96.5 cm³/mol. The van der Waals surface area contributed by atoms with E-state index >= 15 is 0 Å². The van der Waals surface area contributed by atoms with Crippen LogP contribution in [0, 0.1) is 0 Å². The first-order valence-electron chi connectivity index (χ1n) is 7.48. The fraction of sp³-hybridized carbons (Fsp3) is 0.375. The molecule has 0 saturated carbocycles. The van der Waals surface area contributed by atoms with Crippen molar-refractivity contribution < 1.29 is 4.79 Å². The summed E-state index contributed by atoms with van der Waals surface area (Å²) in [7, 11) is 0. The van der Waals surface area contributed by atoms with E-state index in [2.05, 4.69) is 38.6 Å². The van der Waals surface area contributed by atoms with Gasteiger partial charge in [0.1, 0.15) is 0 Å². The molecule has 5 nitrogen and oxygen atoms in total. The van der Waals surface area contributed by atoms with Crippen molar-refractivity contribution in [2.45, 2.75) is 31.8 Å². The van der Waals surface area contributed by atoms with Gasteiger partial charge in [-0.2, -0.15) is 5.10 Å². The summed E-state index contributed by atoms with van der Waals surface area (Å²) in [6.45, 7) is 3.13. The Morgan fingerprint density at radius 3 is 2.83 bits per heavy atom. The normalized spacial score (nSPS) is 20.6. The molecule has 1 aromatic carbocycles. The van der Waals surface area contributed by atoms with Gasteiger partial charge in [-0.15, -0.1) is 12.4 Å². The van der Waals surface area contributed by atoms with Crippen molar-refractivity contribution >= 4 is 34.2 Å². The van der Waals surface area contributed by atoms with Crippen LogP contribution in [0.15, 0.2) is 41.1 Å². The van der Waals surface area contributed by atoms with Gasteiger partial charge in [0.2, 0.25) is 0 Å². The van der Waals surface area contributed by atoms with Gasteiger partial charge in [0.25, 0.3) is 5.91 Å². The molecule has 124 valence electrons. The maximum atomic E-state index is 12.4. The third-order valence-electron chi connectivity index (χ3n) is 4.01. The summed E-state index contributed by atoms with van der Waals surface area (Å²) in [4.78, 5) is 12.4. The Labute approximate surface area is 150 Å². The van der Waals surface area contributed by atoms with Gasteiger partial charge in [0.15, 0.2) is 0 Å². The van der Waals surface area contributed by atoms with Crippen LogP contribution in [0.5, 0.6) is 0 Å². The van der Waals surface area contributed by atoms with E-state index in [-0.39, 0.29) is 24.4 Å². The van der Waals surface area contributed by atoms with E-state index in [1.54, 1.807) is 17.1 Å². The predicted octanol–water partition coefficient (Wildman–Crippen LogP) is 2.93. The van der Waals surface area contributed by atoms with Gasteiger partial charge in [-0.25, -0.2) is 4.68 Å². The molecule has 0 aliphatic carbocycles. The lowest BCUT2D eigenvalue weighted by Crippen LogP contribution is -2.51. The molecule has 2 N–H and O–H groups in total. The maximum absolute atomic E-state index is 12.4. The van der Waals surface area contributed by atoms with Crippen LogP contribution >= 0.6 is 28.3 Å². The number of amides is 1. The molecule has 2 aromatic rings. The number of nitrogens with one attached hydrogen (secondary N) is 2. The second kappa shape index (κ2) is 7.95. The van der Waals surface area contributed by atoms with Crippen molar-refractivity contribution in [1.29, 1.82) is 0 Å². The minimum Gasteiger partial charge on any atom is -0.348 e. The van der Waals surface area contributed by atoms with E-state index in [9.17, 15) is 4.79 Å². The largest absolute Gasteiger partial charge is 0.348 e. The third kappa shape index (κ3) is 4.34. The quantitative estimate of drug-likeness (QED) is 0.834. The number of carbonyl (C=O) groups is 1. The molecule has 0 radical (unpaired) electrons. The number of piperidine rings is 1. The molecule has 0 spiro atoms. The zero-order chi connectivity index (χ0) is 15.5. The van der Waals surface area contributed by atoms with Gasteiger partial charge in [0, 0.05) is 22.8 Å². The SMILES string of the molecule is CC1NCCCC1NC(=O)c1cnn(-c2ccc(Br)cc2)c1.Cl. The fourth-order valence-corrected chi connectivity index (χ4v) is 2.93. The Kier molecular flexibility index (Phi) is 6.21. The van der Waals surface area contributed by atoms with E-state index in [0.29, 0.717) is 11.6 Å². The van der Waals surface area contributed by atoms with Gasteiger partial charge in [-0.05, 0) is 50.6 Å². The number of nitrogens with zero attached hydrogens (tertiary/aromatic N) is 2. The molecule has 1 aromatic heterocycles. The molecular weight excluding hydrogens is 380 g/mol. The summed E-state index contributed by atoms with van der Waals surface area (Å²) in [5.41, 5.74) is 1.51. The highest BCUT2D eigenvalue weighted by Gasteiger charge is 2.23.